The molecule has 4 aromatic rings. The smallest absolute Gasteiger partial charge is 0.346 e. The highest BCUT2D eigenvalue weighted by molar-refractivity contribution is 7.16. The van der Waals surface area contributed by atoms with E-state index in [-0.39, 0.29) is 5.56 Å². The molecule has 1 N–H and O–H groups in total. The minimum atomic E-state index is -2.56. The summed E-state index contributed by atoms with van der Waals surface area (Å²) in [6.45, 7) is 0.676. The lowest BCUT2D eigenvalue weighted by Crippen LogP contribution is -2.11. The first kappa shape index (κ1) is 30.1. The van der Waals surface area contributed by atoms with Crippen LogP contribution in [0.2, 0.25) is 0 Å². The van der Waals surface area contributed by atoms with E-state index in [1.807, 2.05) is 0 Å². The molecular formula is C29H12F9NO2S. The molecule has 0 fully saturated rings. The summed E-state index contributed by atoms with van der Waals surface area (Å²) in [4.78, 5) is 12.0. The third kappa shape index (κ3) is 5.28. The Balaban J connectivity index is 1.91. The summed E-state index contributed by atoms with van der Waals surface area (Å²) >= 11 is 1.07. The van der Waals surface area contributed by atoms with Crippen molar-refractivity contribution in [3.8, 4) is 16.5 Å². The van der Waals surface area contributed by atoms with E-state index in [2.05, 4.69) is 0 Å². The van der Waals surface area contributed by atoms with Gasteiger partial charge in [0.05, 0.1) is 11.1 Å². The predicted molar refractivity (Wildman–Crippen MR) is 135 cm³/mol. The molecule has 42 heavy (non-hydrogen) atoms. The first-order chi connectivity index (χ1) is 19.8. The molecule has 3 aromatic carbocycles. The van der Waals surface area contributed by atoms with Crippen LogP contribution in [0.5, 0.6) is 0 Å². The minimum absolute atomic E-state index is 0.132. The summed E-state index contributed by atoms with van der Waals surface area (Å²) in [5.74, 6) is -22.0. The van der Waals surface area contributed by atoms with Gasteiger partial charge < -0.3 is 5.11 Å². The monoisotopic (exact) mass is 609 g/mol. The van der Waals surface area contributed by atoms with E-state index >= 15 is 0 Å². The van der Waals surface area contributed by atoms with E-state index in [1.165, 1.54) is 36.4 Å². The minimum Gasteiger partial charge on any atom is -0.477 e. The first-order valence-electron chi connectivity index (χ1n) is 11.4. The Morgan fingerprint density at radius 1 is 0.714 bits per heavy atom. The average molecular weight is 609 g/mol. The number of hydrogen-bond donors (Lipinski definition) is 1. The summed E-state index contributed by atoms with van der Waals surface area (Å²) in [5, 5.41) is 17.9. The van der Waals surface area contributed by atoms with Gasteiger partial charge in [-0.15, -0.1) is 11.3 Å². The van der Waals surface area contributed by atoms with Crippen LogP contribution >= 0.6 is 11.3 Å². The summed E-state index contributed by atoms with van der Waals surface area (Å²) in [5.41, 5.74) is -6.20. The maximum absolute atomic E-state index is 15.0. The van der Waals surface area contributed by atoms with E-state index in [9.17, 15) is 44.3 Å². The Morgan fingerprint density at radius 2 is 1.19 bits per heavy atom. The number of nitriles is 1. The average Bonchev–Trinajstić information content (AvgIpc) is 3.44. The van der Waals surface area contributed by atoms with E-state index in [0.717, 1.165) is 17.4 Å². The normalized spacial score (nSPS) is 12.0. The van der Waals surface area contributed by atoms with Crippen LogP contribution in [-0.4, -0.2) is 11.1 Å². The molecule has 0 aliphatic rings. The van der Waals surface area contributed by atoms with Gasteiger partial charge in [0.2, 0.25) is 5.82 Å². The second-order valence-electron chi connectivity index (χ2n) is 8.56. The third-order valence-electron chi connectivity index (χ3n) is 6.00. The number of aliphatic carboxylic acids is 1. The van der Waals surface area contributed by atoms with Gasteiger partial charge >= 0.3 is 5.97 Å². The molecule has 4 rings (SSSR count). The van der Waals surface area contributed by atoms with Crippen molar-refractivity contribution in [1.82, 2.24) is 0 Å². The van der Waals surface area contributed by atoms with Crippen LogP contribution in [0.1, 0.15) is 27.1 Å². The Hall–Kier alpha value is -4.83. The molecule has 0 atom stereocenters. The van der Waals surface area contributed by atoms with Gasteiger partial charge in [-0.05, 0) is 42.3 Å². The molecule has 0 spiro atoms. The van der Waals surface area contributed by atoms with E-state index in [0.29, 0.717) is 28.3 Å². The molecule has 0 saturated carbocycles. The molecule has 1 heterocycles. The highest BCUT2D eigenvalue weighted by Gasteiger charge is 2.33. The second-order valence-corrected chi connectivity index (χ2v) is 9.67. The number of carbonyl (C=O) groups is 1. The first-order valence-corrected chi connectivity index (χ1v) is 12.2. The zero-order valence-electron chi connectivity index (χ0n) is 20.7. The second kappa shape index (κ2) is 11.6. The molecule has 0 aliphatic heterocycles. The van der Waals surface area contributed by atoms with Crippen molar-refractivity contribution < 1.29 is 49.4 Å². The Bertz CT molecular complexity index is 1740. The fourth-order valence-corrected chi connectivity index (χ4v) is 4.83. The predicted octanol–water partition coefficient (Wildman–Crippen LogP) is 8.56. The fourth-order valence-electron chi connectivity index (χ4n) is 3.87. The highest BCUT2D eigenvalue weighted by atomic mass is 32.1. The third-order valence-corrected chi connectivity index (χ3v) is 7.08. The van der Waals surface area contributed by atoms with Gasteiger partial charge in [-0.3, -0.25) is 0 Å². The van der Waals surface area contributed by atoms with Crippen LogP contribution in [0.3, 0.4) is 0 Å². The van der Waals surface area contributed by atoms with Crippen LogP contribution in [0.25, 0.3) is 28.2 Å². The van der Waals surface area contributed by atoms with Crippen molar-refractivity contribution in [3.05, 3.63) is 121 Å². The van der Waals surface area contributed by atoms with E-state index < -0.39 is 86.2 Å². The van der Waals surface area contributed by atoms with Crippen LogP contribution in [-0.2, 0) is 4.79 Å². The topological polar surface area (TPSA) is 61.1 Å². The van der Waals surface area contributed by atoms with Gasteiger partial charge in [0.25, 0.3) is 0 Å². The van der Waals surface area contributed by atoms with Crippen molar-refractivity contribution in [2.24, 2.45) is 0 Å². The number of carboxylic acids is 1. The number of rotatable bonds is 6. The molecule has 214 valence electrons. The van der Waals surface area contributed by atoms with Gasteiger partial charge in [-0.1, -0.05) is 24.3 Å². The molecule has 13 heteroatoms. The van der Waals surface area contributed by atoms with Crippen molar-refractivity contribution in [2.75, 3.05) is 0 Å². The summed E-state index contributed by atoms with van der Waals surface area (Å²) in [7, 11) is 0. The molecular weight excluding hydrogens is 597 g/mol. The van der Waals surface area contributed by atoms with E-state index in [1.54, 1.807) is 6.07 Å². The Kier molecular flexibility index (Phi) is 8.31. The fraction of sp³-hybridized carbons (Fsp3) is 0.0345. The van der Waals surface area contributed by atoms with Crippen molar-refractivity contribution >= 4 is 35.0 Å². The largest absolute Gasteiger partial charge is 0.477 e. The number of nitrogens with zero attached hydrogens (tertiary/aromatic N) is 1. The molecule has 0 amide bonds. The molecule has 0 bridgehead atoms. The van der Waals surface area contributed by atoms with Crippen molar-refractivity contribution in [3.63, 3.8) is 0 Å². The van der Waals surface area contributed by atoms with Crippen molar-refractivity contribution in [2.45, 2.75) is 6.92 Å². The van der Waals surface area contributed by atoms with Crippen LogP contribution in [0.4, 0.5) is 39.5 Å². The Labute approximate surface area is 234 Å². The van der Waals surface area contributed by atoms with Crippen LogP contribution in [0, 0.1) is 70.6 Å². The van der Waals surface area contributed by atoms with Gasteiger partial charge in [-0.2, -0.15) is 5.26 Å². The van der Waals surface area contributed by atoms with Gasteiger partial charge in [0.15, 0.2) is 46.5 Å². The summed E-state index contributed by atoms with van der Waals surface area (Å²) in [6.07, 6.45) is 1.72. The van der Waals surface area contributed by atoms with Gasteiger partial charge in [0, 0.05) is 20.9 Å². The quantitative estimate of drug-likeness (QED) is 0.0595. The zero-order chi connectivity index (χ0) is 31.0. The summed E-state index contributed by atoms with van der Waals surface area (Å²) in [6, 6.07) is 9.80. The van der Waals surface area contributed by atoms with Crippen LogP contribution in [0.15, 0.2) is 42.0 Å². The maximum atomic E-state index is 15.0. The Morgan fingerprint density at radius 3 is 1.67 bits per heavy atom. The SMILES string of the molecule is Cc1c(F)c(F)c(/C(=C/c2ccc(-c3ccc(/C=C(/C#N)C(=O)O)s3)cc2)c2c(F)c(F)c(F)c(F)c2F)c(F)c1F. The number of hydrogen-bond acceptors (Lipinski definition) is 3. The van der Waals surface area contributed by atoms with Gasteiger partial charge in [-0.25, -0.2) is 44.3 Å². The van der Waals surface area contributed by atoms with Gasteiger partial charge in [0.1, 0.15) is 11.6 Å². The lowest BCUT2D eigenvalue weighted by Gasteiger charge is -2.16. The van der Waals surface area contributed by atoms with E-state index in [4.69, 9.17) is 10.4 Å². The lowest BCUT2D eigenvalue weighted by molar-refractivity contribution is -0.132. The summed E-state index contributed by atoms with van der Waals surface area (Å²) < 4.78 is 130. The number of carboxylic acid groups (broad SMARTS) is 1. The zero-order valence-corrected chi connectivity index (χ0v) is 21.5. The molecule has 3 nitrogen and oxygen atoms in total. The number of thiophene rings is 1. The lowest BCUT2D eigenvalue weighted by atomic mass is 9.92. The van der Waals surface area contributed by atoms with Crippen molar-refractivity contribution in [1.29, 1.82) is 5.26 Å². The molecule has 0 saturated heterocycles. The molecule has 1 aromatic heterocycles. The van der Waals surface area contributed by atoms with Crippen LogP contribution < -0.4 is 0 Å². The number of halogens is 9. The highest BCUT2D eigenvalue weighted by Crippen LogP contribution is 2.39. The maximum Gasteiger partial charge on any atom is 0.346 e. The standard InChI is InChI=1S/C29H12F9NO2S/c1-11-20(30)22(32)18(23(33)21(11)31)16(19-24(34)26(36)28(38)27(37)25(19)35)8-12-2-4-13(5-3-12)17-7-6-15(42-17)9-14(10-39)29(40)41/h2-9H,1H3,(H,40,41)/b14-9-,16-8-. The molecule has 0 unspecified atom stereocenters. The molecule has 0 radical (unpaired) electrons. The number of benzene rings is 3. The molecule has 0 aliphatic carbocycles.